The first-order valence-corrected chi connectivity index (χ1v) is 17.4. The summed E-state index contributed by atoms with van der Waals surface area (Å²) >= 11 is 6.44. The van der Waals surface area contributed by atoms with Gasteiger partial charge >= 0.3 is 6.03 Å². The summed E-state index contributed by atoms with van der Waals surface area (Å²) in [7, 11) is 0. The summed E-state index contributed by atoms with van der Waals surface area (Å²) in [6.07, 6.45) is 7.91. The van der Waals surface area contributed by atoms with Gasteiger partial charge in [-0.3, -0.25) is 9.69 Å². The standard InChI is InChI=1S/C39H44ClN5O4/c1-39(31-12-7-13-32(40)24-31,27-45-36(46)35(42-37(45)47)23-30-25-41-34-15-6-5-14-33(30)34)18-22-43-20-16-28(17-21-43)11-8-19-44(38(48)49)26-29-9-3-2-4-10-29/h2-15,24-25,28,35,41H,16-23,26-27H2,1H3,(H,42,47)(H,48,49)/p-1/t35-,39?/m1/s1. The molecule has 4 aromatic rings. The molecule has 2 fully saturated rings. The second kappa shape index (κ2) is 15.3. The van der Waals surface area contributed by atoms with Crippen LogP contribution in [-0.2, 0) is 23.2 Å². The van der Waals surface area contributed by atoms with Crippen LogP contribution in [0.4, 0.5) is 9.59 Å². The Morgan fingerprint density at radius 1 is 1.04 bits per heavy atom. The van der Waals surface area contributed by atoms with Gasteiger partial charge in [-0.2, -0.15) is 0 Å². The molecule has 6 rings (SSSR count). The lowest BCUT2D eigenvalue weighted by molar-refractivity contribution is -0.265. The molecule has 0 saturated carbocycles. The van der Waals surface area contributed by atoms with Crippen LogP contribution in [0.5, 0.6) is 0 Å². The number of likely N-dealkylation sites (tertiary alicyclic amines) is 1. The van der Waals surface area contributed by atoms with E-state index in [4.69, 9.17) is 11.6 Å². The van der Waals surface area contributed by atoms with Crippen LogP contribution in [0.2, 0.25) is 5.02 Å². The average Bonchev–Trinajstić information content (AvgIpc) is 3.63. The van der Waals surface area contributed by atoms with Gasteiger partial charge in [-0.15, -0.1) is 0 Å². The number of H-pyrrole nitrogens is 1. The third-order valence-corrected chi connectivity index (χ3v) is 10.3. The van der Waals surface area contributed by atoms with Crippen molar-refractivity contribution in [2.75, 3.05) is 32.7 Å². The van der Waals surface area contributed by atoms with Crippen molar-refractivity contribution in [2.24, 2.45) is 5.92 Å². The molecule has 0 aliphatic carbocycles. The zero-order valence-electron chi connectivity index (χ0n) is 27.8. The number of carbonyl (C=O) groups excluding carboxylic acids is 3. The number of hydrogen-bond donors (Lipinski definition) is 2. The highest BCUT2D eigenvalue weighted by molar-refractivity contribution is 6.30. The second-order valence-corrected chi connectivity index (χ2v) is 14.0. The molecule has 2 saturated heterocycles. The van der Waals surface area contributed by atoms with Crippen molar-refractivity contribution in [1.82, 2.24) is 25.0 Å². The first-order valence-electron chi connectivity index (χ1n) is 17.0. The summed E-state index contributed by atoms with van der Waals surface area (Å²) in [4.78, 5) is 47.0. The number of imide groups is 1. The number of carboxylic acid groups (broad SMARTS) is 1. The number of fused-ring (bicyclic) bond motifs is 1. The van der Waals surface area contributed by atoms with Crippen LogP contribution < -0.4 is 10.4 Å². The predicted molar refractivity (Wildman–Crippen MR) is 190 cm³/mol. The fourth-order valence-electron chi connectivity index (χ4n) is 7.07. The monoisotopic (exact) mass is 680 g/mol. The zero-order valence-corrected chi connectivity index (χ0v) is 28.6. The Labute approximate surface area is 292 Å². The molecule has 9 nitrogen and oxygen atoms in total. The number of nitrogens with one attached hydrogen (secondary N) is 2. The largest absolute Gasteiger partial charge is 0.530 e. The van der Waals surface area contributed by atoms with Crippen LogP contribution in [0.1, 0.15) is 42.9 Å². The first-order chi connectivity index (χ1) is 23.7. The highest BCUT2D eigenvalue weighted by Gasteiger charge is 2.42. The van der Waals surface area contributed by atoms with Crippen LogP contribution >= 0.6 is 11.6 Å². The van der Waals surface area contributed by atoms with Crippen LogP contribution in [0.3, 0.4) is 0 Å². The topological polar surface area (TPSA) is 112 Å². The minimum atomic E-state index is -1.18. The summed E-state index contributed by atoms with van der Waals surface area (Å²) in [6.45, 7) is 5.57. The molecule has 0 bridgehead atoms. The van der Waals surface area contributed by atoms with Crippen LogP contribution in [0.15, 0.2) is 97.2 Å². The van der Waals surface area contributed by atoms with Crippen molar-refractivity contribution in [1.29, 1.82) is 0 Å². The van der Waals surface area contributed by atoms with Gasteiger partial charge < -0.3 is 30.0 Å². The van der Waals surface area contributed by atoms with E-state index in [9.17, 15) is 19.5 Å². The minimum Gasteiger partial charge on any atom is -0.530 e. The van der Waals surface area contributed by atoms with E-state index in [1.54, 1.807) is 0 Å². The van der Waals surface area contributed by atoms with Gasteiger partial charge in [0.1, 0.15) is 12.1 Å². The molecular formula is C39H43ClN5O4-. The summed E-state index contributed by atoms with van der Waals surface area (Å²) in [5, 5.41) is 16.3. The highest BCUT2D eigenvalue weighted by Crippen LogP contribution is 2.33. The Morgan fingerprint density at radius 2 is 1.80 bits per heavy atom. The number of aromatic amines is 1. The number of nitrogens with zero attached hydrogens (tertiary/aromatic N) is 3. The van der Waals surface area contributed by atoms with Gasteiger partial charge in [-0.05, 0) is 79.7 Å². The van der Waals surface area contributed by atoms with E-state index in [0.29, 0.717) is 30.5 Å². The van der Waals surface area contributed by atoms with Crippen molar-refractivity contribution >= 4 is 40.5 Å². The fourth-order valence-corrected chi connectivity index (χ4v) is 7.27. The summed E-state index contributed by atoms with van der Waals surface area (Å²) in [5.41, 5.74) is 3.40. The Bertz CT molecular complexity index is 1800. The summed E-state index contributed by atoms with van der Waals surface area (Å²) in [6, 6.07) is 24.2. The molecule has 2 aliphatic heterocycles. The van der Waals surface area contributed by atoms with E-state index in [1.807, 2.05) is 91.1 Å². The zero-order chi connectivity index (χ0) is 34.4. The Balaban J connectivity index is 1.06. The van der Waals surface area contributed by atoms with Gasteiger partial charge in [0.15, 0.2) is 0 Å². The molecule has 49 heavy (non-hydrogen) atoms. The summed E-state index contributed by atoms with van der Waals surface area (Å²) < 4.78 is 0. The molecule has 4 amide bonds. The van der Waals surface area contributed by atoms with Crippen molar-refractivity contribution in [3.63, 3.8) is 0 Å². The molecule has 256 valence electrons. The Kier molecular flexibility index (Phi) is 10.7. The number of halogens is 1. The van der Waals surface area contributed by atoms with Crippen molar-refractivity contribution < 1.29 is 19.5 Å². The molecule has 0 spiro atoms. The van der Waals surface area contributed by atoms with E-state index in [0.717, 1.165) is 66.5 Å². The lowest BCUT2D eigenvalue weighted by Gasteiger charge is -2.37. The maximum Gasteiger partial charge on any atom is 0.324 e. The van der Waals surface area contributed by atoms with Crippen LogP contribution in [-0.4, -0.2) is 76.5 Å². The number of urea groups is 1. The third kappa shape index (κ3) is 8.35. The Morgan fingerprint density at radius 3 is 2.55 bits per heavy atom. The highest BCUT2D eigenvalue weighted by atomic mass is 35.5. The molecule has 1 unspecified atom stereocenters. The van der Waals surface area contributed by atoms with E-state index in [1.165, 1.54) is 9.80 Å². The number of aromatic nitrogens is 1. The van der Waals surface area contributed by atoms with E-state index in [-0.39, 0.29) is 18.5 Å². The lowest BCUT2D eigenvalue weighted by atomic mass is 9.78. The molecule has 3 heterocycles. The number of para-hydroxylation sites is 1. The average molecular weight is 681 g/mol. The molecule has 1 aromatic heterocycles. The molecule has 0 radical (unpaired) electrons. The van der Waals surface area contributed by atoms with Crippen molar-refractivity contribution in [3.8, 4) is 0 Å². The number of carbonyl (C=O) groups is 3. The van der Waals surface area contributed by atoms with Crippen molar-refractivity contribution in [2.45, 2.75) is 50.6 Å². The minimum absolute atomic E-state index is 0.211. The van der Waals surface area contributed by atoms with Gasteiger partial charge in [0, 0.05) is 53.6 Å². The molecule has 2 atom stereocenters. The number of rotatable bonds is 13. The maximum atomic E-state index is 13.7. The quantitative estimate of drug-likeness (QED) is 0.138. The van der Waals surface area contributed by atoms with Crippen LogP contribution in [0, 0.1) is 5.92 Å². The molecule has 10 heteroatoms. The third-order valence-electron chi connectivity index (χ3n) is 10.1. The second-order valence-electron chi connectivity index (χ2n) is 13.6. The van der Waals surface area contributed by atoms with E-state index >= 15 is 0 Å². The number of amides is 4. The predicted octanol–water partition coefficient (Wildman–Crippen LogP) is 5.75. The number of benzene rings is 3. The van der Waals surface area contributed by atoms with Gasteiger partial charge in [0.25, 0.3) is 5.91 Å². The number of piperidine rings is 1. The number of allylic oxidation sites excluding steroid dienone is 1. The maximum absolute atomic E-state index is 13.7. The fraction of sp³-hybridized carbons (Fsp3) is 0.359. The molecule has 2 aliphatic rings. The first kappa shape index (κ1) is 34.3. The SMILES string of the molecule is CC(CCN1CCC(C=CCN(Cc2ccccc2)C(=O)[O-])CC1)(CN1C(=O)N[C@H](Cc2c[nH]c3ccccc23)C1=O)c1cccc(Cl)c1. The molecule has 3 aromatic carbocycles. The normalized spacial score (nSPS) is 18.7. The van der Waals surface area contributed by atoms with Gasteiger partial charge in [-0.1, -0.05) is 91.3 Å². The van der Waals surface area contributed by atoms with E-state index in [2.05, 4.69) is 28.2 Å². The lowest BCUT2D eigenvalue weighted by Crippen LogP contribution is -2.45. The van der Waals surface area contributed by atoms with E-state index < -0.39 is 17.6 Å². The smallest absolute Gasteiger partial charge is 0.324 e. The molecule has 2 N–H and O–H groups in total. The van der Waals surface area contributed by atoms with Crippen molar-refractivity contribution in [3.05, 3.63) is 119 Å². The van der Waals surface area contributed by atoms with Gasteiger partial charge in [-0.25, -0.2) is 4.79 Å². The van der Waals surface area contributed by atoms with Gasteiger partial charge in [0.2, 0.25) is 0 Å². The Hall–Kier alpha value is -4.60. The van der Waals surface area contributed by atoms with Gasteiger partial charge in [0.05, 0.1) is 0 Å². The number of hydrogen-bond acceptors (Lipinski definition) is 5. The molecular weight excluding hydrogens is 638 g/mol. The van der Waals surface area contributed by atoms with Crippen LogP contribution in [0.25, 0.3) is 10.9 Å². The summed E-state index contributed by atoms with van der Waals surface area (Å²) in [5.74, 6) is 0.160.